The van der Waals surface area contributed by atoms with E-state index in [4.69, 9.17) is 9.73 Å². The molecule has 1 aliphatic rings. The molecule has 0 atom stereocenters. The maximum absolute atomic E-state index is 10.2. The van der Waals surface area contributed by atoms with Crippen LogP contribution in [0.25, 0.3) is 17.3 Å². The maximum Gasteiger partial charge on any atom is 0.150 e. The van der Waals surface area contributed by atoms with Crippen LogP contribution in [0.1, 0.15) is 22.5 Å². The number of aliphatic hydroxyl groups is 1. The minimum absolute atomic E-state index is 0.145. The molecule has 2 aromatic heterocycles. The predicted molar refractivity (Wildman–Crippen MR) is 114 cm³/mol. The van der Waals surface area contributed by atoms with Gasteiger partial charge in [-0.3, -0.25) is 0 Å². The lowest BCUT2D eigenvalue weighted by atomic mass is 10.1. The van der Waals surface area contributed by atoms with E-state index in [0.717, 1.165) is 49.5 Å². The summed E-state index contributed by atoms with van der Waals surface area (Å²) in [6, 6.07) is 10.2. The third-order valence-electron chi connectivity index (χ3n) is 5.26. The van der Waals surface area contributed by atoms with Gasteiger partial charge in [0.25, 0.3) is 0 Å². The Labute approximate surface area is 169 Å². The molecule has 1 aliphatic heterocycles. The third kappa shape index (κ3) is 3.30. The van der Waals surface area contributed by atoms with Gasteiger partial charge in [0.05, 0.1) is 35.5 Å². The van der Waals surface area contributed by atoms with Gasteiger partial charge in [-0.25, -0.2) is 4.99 Å². The number of ether oxygens (including phenoxy) is 1. The first kappa shape index (κ1) is 19.2. The van der Waals surface area contributed by atoms with Crippen LogP contribution >= 0.6 is 0 Å². The van der Waals surface area contributed by atoms with E-state index in [1.807, 2.05) is 38.2 Å². The first-order chi connectivity index (χ1) is 14.1. The number of nitrogens with zero attached hydrogens (tertiary/aromatic N) is 1. The summed E-state index contributed by atoms with van der Waals surface area (Å²) in [4.78, 5) is 11.7. The number of hydrogen-bond donors (Lipinski definition) is 4. The molecule has 0 aliphatic carbocycles. The number of aliphatic hydroxyl groups excluding tert-OH is 1. The molecular formula is C23H26N4O2. The molecule has 0 spiro atoms. The van der Waals surface area contributed by atoms with E-state index in [2.05, 4.69) is 34.3 Å². The van der Waals surface area contributed by atoms with Crippen molar-refractivity contribution in [2.75, 3.05) is 20.7 Å². The highest BCUT2D eigenvalue weighted by atomic mass is 16.5. The lowest BCUT2D eigenvalue weighted by Crippen LogP contribution is -2.26. The number of H-pyrrole nitrogens is 2. The molecule has 29 heavy (non-hydrogen) atoms. The number of aromatic amines is 2. The fourth-order valence-electron chi connectivity index (χ4n) is 3.98. The van der Waals surface area contributed by atoms with E-state index in [1.165, 1.54) is 0 Å². The Balaban J connectivity index is 2.07. The molecular weight excluding hydrogens is 364 g/mol. The summed E-state index contributed by atoms with van der Waals surface area (Å²) in [5.41, 5.74) is 5.90. The van der Waals surface area contributed by atoms with E-state index >= 15 is 0 Å². The Morgan fingerprint density at radius 1 is 1.21 bits per heavy atom. The number of benzene rings is 1. The van der Waals surface area contributed by atoms with Gasteiger partial charge >= 0.3 is 0 Å². The number of aromatic nitrogens is 2. The van der Waals surface area contributed by atoms with Crippen LogP contribution < -0.4 is 31.3 Å². The molecule has 150 valence electrons. The molecule has 1 aromatic carbocycles. The molecule has 0 saturated heterocycles. The van der Waals surface area contributed by atoms with Crippen molar-refractivity contribution < 1.29 is 9.84 Å². The fraction of sp³-hybridized carbons (Fsp3) is 0.261. The lowest BCUT2D eigenvalue weighted by molar-refractivity contribution is 0.273. The second-order valence-electron chi connectivity index (χ2n) is 7.26. The summed E-state index contributed by atoms with van der Waals surface area (Å²) in [5.74, 6) is 0.636. The van der Waals surface area contributed by atoms with Gasteiger partial charge in [0.1, 0.15) is 5.75 Å². The summed E-state index contributed by atoms with van der Waals surface area (Å²) in [7, 11) is 3.54. The minimum Gasteiger partial charge on any atom is -0.494 e. The molecule has 4 rings (SSSR count). The zero-order valence-corrected chi connectivity index (χ0v) is 17.2. The van der Waals surface area contributed by atoms with Gasteiger partial charge in [-0.1, -0.05) is 18.2 Å². The highest BCUT2D eigenvalue weighted by Crippen LogP contribution is 2.17. The first-order valence-electron chi connectivity index (χ1n) is 9.67. The van der Waals surface area contributed by atoms with Gasteiger partial charge in [0.15, 0.2) is 0 Å². The van der Waals surface area contributed by atoms with Crippen LogP contribution in [0.5, 0.6) is 5.75 Å². The summed E-state index contributed by atoms with van der Waals surface area (Å²) < 4.78 is 5.68. The Morgan fingerprint density at radius 2 is 2.00 bits per heavy atom. The molecule has 0 saturated carbocycles. The van der Waals surface area contributed by atoms with Crippen molar-refractivity contribution in [2.24, 2.45) is 4.99 Å². The normalized spacial score (nSPS) is 15.6. The lowest BCUT2D eigenvalue weighted by Gasteiger charge is -2.04. The summed E-state index contributed by atoms with van der Waals surface area (Å²) in [6.07, 6.45) is 2.02. The number of para-hydroxylation sites is 1. The first-order valence-corrected chi connectivity index (χ1v) is 9.67. The summed E-state index contributed by atoms with van der Waals surface area (Å²) in [5, 5.41) is 17.0. The average Bonchev–Trinajstić information content (AvgIpc) is 3.35. The highest BCUT2D eigenvalue weighted by molar-refractivity contribution is 5.90. The third-order valence-corrected chi connectivity index (χ3v) is 5.26. The van der Waals surface area contributed by atoms with Gasteiger partial charge in [-0.05, 0) is 44.7 Å². The summed E-state index contributed by atoms with van der Waals surface area (Å²) >= 11 is 0. The van der Waals surface area contributed by atoms with Crippen molar-refractivity contribution in [3.05, 3.63) is 74.1 Å². The zero-order valence-electron chi connectivity index (χ0n) is 17.2. The molecule has 0 fully saturated rings. The van der Waals surface area contributed by atoms with Gasteiger partial charge in [0, 0.05) is 34.3 Å². The number of rotatable bonds is 5. The molecule has 0 unspecified atom stereocenters. The average molecular weight is 390 g/mol. The van der Waals surface area contributed by atoms with Gasteiger partial charge in [0.2, 0.25) is 0 Å². The highest BCUT2D eigenvalue weighted by Gasteiger charge is 2.18. The molecule has 0 amide bonds. The number of methoxy groups -OCH3 is 1. The Kier molecular flexibility index (Phi) is 5.13. The van der Waals surface area contributed by atoms with Crippen LogP contribution in [0.3, 0.4) is 0 Å². The zero-order chi connectivity index (χ0) is 20.5. The van der Waals surface area contributed by atoms with E-state index < -0.39 is 0 Å². The van der Waals surface area contributed by atoms with Crippen LogP contribution in [0.4, 0.5) is 0 Å². The Bertz CT molecular complexity index is 1310. The van der Waals surface area contributed by atoms with E-state index in [1.54, 1.807) is 7.11 Å². The van der Waals surface area contributed by atoms with Crippen LogP contribution in [0, 0.1) is 13.8 Å². The molecule has 4 N–H and O–H groups in total. The molecule has 6 nitrogen and oxygen atoms in total. The fourth-order valence-corrected chi connectivity index (χ4v) is 3.98. The monoisotopic (exact) mass is 390 g/mol. The van der Waals surface area contributed by atoms with Crippen molar-refractivity contribution in [1.82, 2.24) is 15.3 Å². The molecule has 3 aromatic rings. The van der Waals surface area contributed by atoms with Crippen molar-refractivity contribution in [1.29, 1.82) is 0 Å². The van der Waals surface area contributed by atoms with E-state index in [9.17, 15) is 5.11 Å². The number of hydrogen-bond acceptors (Lipinski definition) is 4. The maximum atomic E-state index is 10.2. The van der Waals surface area contributed by atoms with Crippen molar-refractivity contribution in [3.8, 4) is 5.75 Å². The molecule has 3 heterocycles. The van der Waals surface area contributed by atoms with Crippen LogP contribution in [-0.2, 0) is 6.61 Å². The topological polar surface area (TPSA) is 85.4 Å². The Morgan fingerprint density at radius 3 is 2.66 bits per heavy atom. The van der Waals surface area contributed by atoms with E-state index in [0.29, 0.717) is 17.9 Å². The van der Waals surface area contributed by atoms with Crippen molar-refractivity contribution in [3.63, 3.8) is 0 Å². The number of aryl methyl sites for hydroxylation is 2. The van der Waals surface area contributed by atoms with Gasteiger partial charge in [-0.15, -0.1) is 0 Å². The van der Waals surface area contributed by atoms with Crippen molar-refractivity contribution in [2.45, 2.75) is 20.5 Å². The smallest absolute Gasteiger partial charge is 0.150 e. The molecule has 0 bridgehead atoms. The number of fused-ring (bicyclic) bond motifs is 1. The van der Waals surface area contributed by atoms with Gasteiger partial charge < -0.3 is 25.1 Å². The number of nitrogens with one attached hydrogen (secondary N) is 3. The van der Waals surface area contributed by atoms with Crippen LogP contribution in [-0.4, -0.2) is 35.8 Å². The quantitative estimate of drug-likeness (QED) is 0.499. The van der Waals surface area contributed by atoms with E-state index in [-0.39, 0.29) is 6.61 Å². The SMILES string of the molecule is CNCC1=c2ccccc2=N/C1=c1\[nH]/c(=C\c2[nH]c(C)cc2C)c(OC)c1CO. The summed E-state index contributed by atoms with van der Waals surface area (Å²) in [6.45, 7) is 4.63. The standard InChI is InChI=1S/C23H26N4O2/c1-13-9-14(2)25-19(13)10-20-23(29-4)17(12-28)22(27-20)21-16(11-24-3)15-7-5-6-8-18(15)26-21/h5-10,24-25,27-28H,11-12H2,1-4H3/b20-10-,22-21-. The van der Waals surface area contributed by atoms with Gasteiger partial charge in [-0.2, -0.15) is 0 Å². The van der Waals surface area contributed by atoms with Crippen LogP contribution in [0.15, 0.2) is 35.3 Å². The minimum atomic E-state index is -0.145. The predicted octanol–water partition coefficient (Wildman–Crippen LogP) is 0.101. The second kappa shape index (κ2) is 7.73. The van der Waals surface area contributed by atoms with Crippen LogP contribution in [0.2, 0.25) is 0 Å². The molecule has 0 radical (unpaired) electrons. The Hall–Kier alpha value is -3.09. The largest absolute Gasteiger partial charge is 0.494 e. The van der Waals surface area contributed by atoms with Crippen molar-refractivity contribution >= 4 is 17.3 Å². The molecule has 6 heteroatoms. The second-order valence-corrected chi connectivity index (χ2v) is 7.26.